The highest BCUT2D eigenvalue weighted by atomic mass is 16.5. The molecule has 2 unspecified atom stereocenters. The molecule has 2 atom stereocenters. The van der Waals surface area contributed by atoms with Crippen LogP contribution in [-0.2, 0) is 4.74 Å². The van der Waals surface area contributed by atoms with Crippen LogP contribution in [0.2, 0.25) is 0 Å². The number of morpholine rings is 1. The van der Waals surface area contributed by atoms with Crippen molar-refractivity contribution >= 4 is 0 Å². The third-order valence-corrected chi connectivity index (χ3v) is 5.06. The SMILES string of the molecule is CNC1C(CN2CCOCC2(C)C)CCC1(C)C. The standard InChI is InChI=1S/C15H30N2O/c1-14(2)7-6-12(13(14)16-5)10-17-8-9-18-11-15(17,3)4/h12-13,16H,6-11H2,1-5H3. The smallest absolute Gasteiger partial charge is 0.0645 e. The highest BCUT2D eigenvalue weighted by Crippen LogP contribution is 2.42. The van der Waals surface area contributed by atoms with E-state index in [0.717, 1.165) is 25.7 Å². The lowest BCUT2D eigenvalue weighted by molar-refractivity contribution is -0.0587. The van der Waals surface area contributed by atoms with Crippen molar-refractivity contribution in [1.29, 1.82) is 0 Å². The van der Waals surface area contributed by atoms with Crippen molar-refractivity contribution in [2.45, 2.75) is 52.1 Å². The number of nitrogens with zero attached hydrogens (tertiary/aromatic N) is 1. The fraction of sp³-hybridized carbons (Fsp3) is 1.00. The van der Waals surface area contributed by atoms with Crippen molar-refractivity contribution < 1.29 is 4.74 Å². The van der Waals surface area contributed by atoms with Crippen molar-refractivity contribution in [2.24, 2.45) is 11.3 Å². The van der Waals surface area contributed by atoms with Gasteiger partial charge in [-0.2, -0.15) is 0 Å². The molecule has 1 N–H and O–H groups in total. The van der Waals surface area contributed by atoms with Crippen LogP contribution in [0.4, 0.5) is 0 Å². The van der Waals surface area contributed by atoms with Crippen LogP contribution >= 0.6 is 0 Å². The first kappa shape index (κ1) is 14.3. The molecular weight excluding hydrogens is 224 g/mol. The van der Waals surface area contributed by atoms with Gasteiger partial charge >= 0.3 is 0 Å². The van der Waals surface area contributed by atoms with Crippen LogP contribution in [0.15, 0.2) is 0 Å². The quantitative estimate of drug-likeness (QED) is 0.835. The van der Waals surface area contributed by atoms with E-state index >= 15 is 0 Å². The Kier molecular flexibility index (Phi) is 4.05. The van der Waals surface area contributed by atoms with Gasteiger partial charge in [0.1, 0.15) is 0 Å². The Morgan fingerprint density at radius 2 is 2.00 bits per heavy atom. The van der Waals surface area contributed by atoms with E-state index in [4.69, 9.17) is 4.74 Å². The zero-order valence-electron chi connectivity index (χ0n) is 12.8. The molecule has 1 aliphatic carbocycles. The summed E-state index contributed by atoms with van der Waals surface area (Å²) in [5.41, 5.74) is 0.638. The van der Waals surface area contributed by atoms with Crippen molar-refractivity contribution in [3.63, 3.8) is 0 Å². The van der Waals surface area contributed by atoms with E-state index in [1.165, 1.54) is 19.4 Å². The van der Waals surface area contributed by atoms with Crippen LogP contribution in [0.3, 0.4) is 0 Å². The third-order valence-electron chi connectivity index (χ3n) is 5.06. The van der Waals surface area contributed by atoms with Crippen molar-refractivity contribution in [3.05, 3.63) is 0 Å². The third kappa shape index (κ3) is 2.73. The van der Waals surface area contributed by atoms with Gasteiger partial charge in [0.2, 0.25) is 0 Å². The minimum Gasteiger partial charge on any atom is -0.378 e. The average molecular weight is 254 g/mol. The molecule has 0 amide bonds. The van der Waals surface area contributed by atoms with Gasteiger partial charge in [0.15, 0.2) is 0 Å². The van der Waals surface area contributed by atoms with E-state index in [1.807, 2.05) is 0 Å². The molecule has 2 aliphatic rings. The van der Waals surface area contributed by atoms with Gasteiger partial charge in [0, 0.05) is 24.7 Å². The van der Waals surface area contributed by atoms with Gasteiger partial charge in [0.05, 0.1) is 13.2 Å². The van der Waals surface area contributed by atoms with Crippen LogP contribution in [-0.4, -0.2) is 49.8 Å². The molecule has 2 rings (SSSR count). The summed E-state index contributed by atoms with van der Waals surface area (Å²) in [6.07, 6.45) is 2.69. The lowest BCUT2D eigenvalue weighted by atomic mass is 9.84. The first-order chi connectivity index (χ1) is 8.37. The predicted octanol–water partition coefficient (Wildman–Crippen LogP) is 2.12. The Morgan fingerprint density at radius 3 is 2.61 bits per heavy atom. The molecule has 0 bridgehead atoms. The topological polar surface area (TPSA) is 24.5 Å². The molecule has 1 heterocycles. The van der Waals surface area contributed by atoms with Gasteiger partial charge in [-0.05, 0) is 45.1 Å². The predicted molar refractivity (Wildman–Crippen MR) is 75.8 cm³/mol. The minimum absolute atomic E-state index is 0.198. The van der Waals surface area contributed by atoms with Gasteiger partial charge in [-0.3, -0.25) is 4.90 Å². The molecular formula is C15H30N2O. The molecule has 0 spiro atoms. The normalized spacial score (nSPS) is 35.8. The molecule has 0 radical (unpaired) electrons. The van der Waals surface area contributed by atoms with Crippen LogP contribution in [0.5, 0.6) is 0 Å². The summed E-state index contributed by atoms with van der Waals surface area (Å²) in [4.78, 5) is 2.63. The molecule has 18 heavy (non-hydrogen) atoms. The van der Waals surface area contributed by atoms with E-state index in [9.17, 15) is 0 Å². The number of hydrogen-bond donors (Lipinski definition) is 1. The Labute approximate surface area is 112 Å². The van der Waals surface area contributed by atoms with Crippen LogP contribution in [0, 0.1) is 11.3 Å². The number of rotatable bonds is 3. The molecule has 0 aromatic carbocycles. The molecule has 106 valence electrons. The van der Waals surface area contributed by atoms with Crippen LogP contribution in [0.25, 0.3) is 0 Å². The van der Waals surface area contributed by atoms with E-state index in [-0.39, 0.29) is 5.54 Å². The van der Waals surface area contributed by atoms with Gasteiger partial charge in [-0.15, -0.1) is 0 Å². The highest BCUT2D eigenvalue weighted by molar-refractivity contribution is 4.98. The summed E-state index contributed by atoms with van der Waals surface area (Å²) in [5, 5.41) is 3.56. The fourth-order valence-corrected chi connectivity index (χ4v) is 3.85. The van der Waals surface area contributed by atoms with E-state index in [1.54, 1.807) is 0 Å². The Hall–Kier alpha value is -0.120. The summed E-state index contributed by atoms with van der Waals surface area (Å²) < 4.78 is 5.62. The van der Waals surface area contributed by atoms with Gasteiger partial charge in [0.25, 0.3) is 0 Å². The average Bonchev–Trinajstić information content (AvgIpc) is 2.56. The van der Waals surface area contributed by atoms with E-state index < -0.39 is 0 Å². The first-order valence-corrected chi connectivity index (χ1v) is 7.37. The maximum absolute atomic E-state index is 5.62. The highest BCUT2D eigenvalue weighted by Gasteiger charge is 2.43. The molecule has 3 heteroatoms. The van der Waals surface area contributed by atoms with Gasteiger partial charge in [-0.25, -0.2) is 0 Å². The van der Waals surface area contributed by atoms with Crippen LogP contribution < -0.4 is 5.32 Å². The zero-order valence-corrected chi connectivity index (χ0v) is 12.8. The van der Waals surface area contributed by atoms with E-state index in [2.05, 4.69) is 45.0 Å². The molecule has 0 aromatic rings. The lowest BCUT2D eigenvalue weighted by Gasteiger charge is -2.44. The summed E-state index contributed by atoms with van der Waals surface area (Å²) in [6, 6.07) is 0.649. The summed E-state index contributed by atoms with van der Waals surface area (Å²) in [7, 11) is 2.12. The zero-order chi connectivity index (χ0) is 13.4. The molecule has 2 fully saturated rings. The minimum atomic E-state index is 0.198. The lowest BCUT2D eigenvalue weighted by Crippen LogP contribution is -2.56. The maximum Gasteiger partial charge on any atom is 0.0645 e. The van der Waals surface area contributed by atoms with Crippen molar-refractivity contribution in [3.8, 4) is 0 Å². The van der Waals surface area contributed by atoms with E-state index in [0.29, 0.717) is 11.5 Å². The molecule has 0 aromatic heterocycles. The Bertz CT molecular complexity index is 288. The van der Waals surface area contributed by atoms with Crippen molar-refractivity contribution in [1.82, 2.24) is 10.2 Å². The fourth-order valence-electron chi connectivity index (χ4n) is 3.85. The van der Waals surface area contributed by atoms with Gasteiger partial charge in [-0.1, -0.05) is 13.8 Å². The number of ether oxygens (including phenoxy) is 1. The van der Waals surface area contributed by atoms with Crippen LogP contribution in [0.1, 0.15) is 40.5 Å². The molecule has 1 saturated heterocycles. The molecule has 1 aliphatic heterocycles. The Morgan fingerprint density at radius 1 is 1.28 bits per heavy atom. The number of hydrogen-bond acceptors (Lipinski definition) is 3. The summed E-state index contributed by atoms with van der Waals surface area (Å²) >= 11 is 0. The second-order valence-electron chi connectivity index (χ2n) is 7.36. The second-order valence-corrected chi connectivity index (χ2v) is 7.36. The first-order valence-electron chi connectivity index (χ1n) is 7.37. The molecule has 3 nitrogen and oxygen atoms in total. The van der Waals surface area contributed by atoms with Crippen molar-refractivity contribution in [2.75, 3.05) is 33.4 Å². The number of nitrogens with one attached hydrogen (secondary N) is 1. The molecule has 1 saturated carbocycles. The second kappa shape index (κ2) is 5.10. The summed E-state index contributed by atoms with van der Waals surface area (Å²) in [5.74, 6) is 0.780. The Balaban J connectivity index is 2.01. The summed E-state index contributed by atoms with van der Waals surface area (Å²) in [6.45, 7) is 13.5. The maximum atomic E-state index is 5.62. The monoisotopic (exact) mass is 254 g/mol. The largest absolute Gasteiger partial charge is 0.378 e. The van der Waals surface area contributed by atoms with Gasteiger partial charge < -0.3 is 10.1 Å².